The van der Waals surface area contributed by atoms with Gasteiger partial charge in [0.15, 0.2) is 11.6 Å². The highest BCUT2D eigenvalue weighted by Crippen LogP contribution is 2.25. The van der Waals surface area contributed by atoms with Gasteiger partial charge in [-0.05, 0) is 67.6 Å². The van der Waals surface area contributed by atoms with Crippen molar-refractivity contribution in [2.75, 3.05) is 16.9 Å². The average Bonchev–Trinajstić information content (AvgIpc) is 3.37. The number of aryl methyl sites for hydroxylation is 2. The lowest BCUT2D eigenvalue weighted by Gasteiger charge is -2.13. The summed E-state index contributed by atoms with van der Waals surface area (Å²) in [7, 11) is 0. The van der Waals surface area contributed by atoms with Crippen molar-refractivity contribution in [1.82, 2.24) is 15.3 Å². The van der Waals surface area contributed by atoms with Gasteiger partial charge in [-0.25, -0.2) is 14.8 Å². The third kappa shape index (κ3) is 6.07. The van der Waals surface area contributed by atoms with Crippen LogP contribution in [0.15, 0.2) is 76.4 Å². The summed E-state index contributed by atoms with van der Waals surface area (Å²) in [6.07, 6.45) is 3.42. The van der Waals surface area contributed by atoms with Gasteiger partial charge in [0.1, 0.15) is 5.03 Å². The van der Waals surface area contributed by atoms with Crippen LogP contribution in [0, 0.1) is 13.8 Å². The Labute approximate surface area is 207 Å². The second kappa shape index (κ2) is 10.9. The fourth-order valence-electron chi connectivity index (χ4n) is 3.52. The van der Waals surface area contributed by atoms with Crippen molar-refractivity contribution in [2.45, 2.75) is 25.4 Å². The van der Waals surface area contributed by atoms with E-state index in [0.717, 1.165) is 11.1 Å². The summed E-state index contributed by atoms with van der Waals surface area (Å²) in [5.74, 6) is 0.718. The molecular weight excluding hydrogens is 462 g/mol. The zero-order chi connectivity index (χ0) is 24.8. The van der Waals surface area contributed by atoms with Crippen molar-refractivity contribution < 1.29 is 14.0 Å². The van der Waals surface area contributed by atoms with E-state index in [1.54, 1.807) is 31.4 Å². The van der Waals surface area contributed by atoms with Crippen LogP contribution in [0.2, 0.25) is 0 Å². The topological polar surface area (TPSA) is 109 Å². The predicted molar refractivity (Wildman–Crippen MR) is 138 cm³/mol. The molecule has 0 aliphatic heterocycles. The van der Waals surface area contributed by atoms with Gasteiger partial charge in [-0.1, -0.05) is 24.3 Å². The maximum atomic E-state index is 13.0. The molecule has 178 valence electrons. The molecule has 0 aliphatic carbocycles. The number of urea groups is 1. The van der Waals surface area contributed by atoms with Gasteiger partial charge < -0.3 is 20.4 Å². The highest BCUT2D eigenvalue weighted by atomic mass is 32.2. The van der Waals surface area contributed by atoms with Gasteiger partial charge in [-0.3, -0.25) is 4.79 Å². The Morgan fingerprint density at radius 1 is 0.943 bits per heavy atom. The van der Waals surface area contributed by atoms with Gasteiger partial charge in [0, 0.05) is 17.9 Å². The number of benzene rings is 2. The van der Waals surface area contributed by atoms with E-state index in [1.807, 2.05) is 55.6 Å². The molecule has 2 aromatic carbocycles. The van der Waals surface area contributed by atoms with E-state index in [9.17, 15) is 9.59 Å². The lowest BCUT2D eigenvalue weighted by atomic mass is 10.1. The molecule has 0 saturated heterocycles. The first-order valence-corrected chi connectivity index (χ1v) is 12.1. The van der Waals surface area contributed by atoms with E-state index in [0.29, 0.717) is 39.2 Å². The Kier molecular flexibility index (Phi) is 7.47. The Hall–Kier alpha value is -4.11. The molecule has 35 heavy (non-hydrogen) atoms. The second-order valence-corrected chi connectivity index (χ2v) is 8.62. The number of carbonyl (C=O) groups excluding carboxylic acids is 2. The zero-order valence-electron chi connectivity index (χ0n) is 19.6. The second-order valence-electron chi connectivity index (χ2n) is 7.83. The third-order valence-corrected chi connectivity index (χ3v) is 5.81. The molecule has 0 radical (unpaired) electrons. The molecule has 0 unspecified atom stereocenters. The lowest BCUT2D eigenvalue weighted by Crippen LogP contribution is -2.25. The van der Waals surface area contributed by atoms with E-state index >= 15 is 0 Å². The number of rotatable bonds is 7. The van der Waals surface area contributed by atoms with Crippen molar-refractivity contribution in [3.63, 3.8) is 0 Å². The summed E-state index contributed by atoms with van der Waals surface area (Å²) in [5, 5.41) is 9.14. The molecular formula is C26H25N5O3S. The molecule has 0 fully saturated rings. The minimum absolute atomic E-state index is 0.270. The number of furan rings is 1. The summed E-state index contributed by atoms with van der Waals surface area (Å²) < 4.78 is 5.39. The van der Waals surface area contributed by atoms with Crippen LogP contribution in [0.25, 0.3) is 11.6 Å². The van der Waals surface area contributed by atoms with Crippen LogP contribution in [0.5, 0.6) is 0 Å². The predicted octanol–water partition coefficient (Wildman–Crippen LogP) is 5.65. The number of thioether (sulfide) groups is 1. The van der Waals surface area contributed by atoms with Crippen LogP contribution < -0.4 is 16.0 Å². The summed E-state index contributed by atoms with van der Waals surface area (Å²) in [4.78, 5) is 34.3. The number of nitrogens with one attached hydrogen (secondary N) is 3. The number of carbonyl (C=O) groups is 2. The van der Waals surface area contributed by atoms with Crippen LogP contribution in [0.3, 0.4) is 0 Å². The number of anilines is 2. The molecule has 3 amide bonds. The normalized spacial score (nSPS) is 10.6. The maximum Gasteiger partial charge on any atom is 0.323 e. The molecule has 0 bridgehead atoms. The molecule has 8 nitrogen and oxygen atoms in total. The van der Waals surface area contributed by atoms with Crippen LogP contribution >= 0.6 is 11.8 Å². The monoisotopic (exact) mass is 487 g/mol. The lowest BCUT2D eigenvalue weighted by molar-refractivity contribution is 0.0946. The van der Waals surface area contributed by atoms with Gasteiger partial charge in [-0.15, -0.1) is 11.8 Å². The Bertz CT molecular complexity index is 1360. The fraction of sp³-hybridized carbons (Fsp3) is 0.154. The first-order valence-electron chi connectivity index (χ1n) is 10.9. The number of hydrogen-bond acceptors (Lipinski definition) is 6. The number of hydrogen-bond donors (Lipinski definition) is 3. The summed E-state index contributed by atoms with van der Waals surface area (Å²) in [6, 6.07) is 18.1. The van der Waals surface area contributed by atoms with Gasteiger partial charge in [0.05, 0.1) is 17.5 Å². The molecule has 0 spiro atoms. The van der Waals surface area contributed by atoms with E-state index in [1.165, 1.54) is 11.8 Å². The molecule has 4 rings (SSSR count). The van der Waals surface area contributed by atoms with Gasteiger partial charge in [0.25, 0.3) is 5.91 Å². The van der Waals surface area contributed by atoms with E-state index in [2.05, 4.69) is 25.9 Å². The molecule has 2 heterocycles. The molecule has 0 saturated carbocycles. The molecule has 9 heteroatoms. The van der Waals surface area contributed by atoms with Gasteiger partial charge in [-0.2, -0.15) is 0 Å². The van der Waals surface area contributed by atoms with Crippen LogP contribution in [-0.4, -0.2) is 28.2 Å². The van der Waals surface area contributed by atoms with Crippen LogP contribution in [-0.2, 0) is 6.54 Å². The minimum Gasteiger partial charge on any atom is -0.461 e. The van der Waals surface area contributed by atoms with Crippen LogP contribution in [0.4, 0.5) is 16.2 Å². The molecule has 0 aliphatic rings. The van der Waals surface area contributed by atoms with Gasteiger partial charge >= 0.3 is 6.03 Å². The van der Waals surface area contributed by atoms with Crippen molar-refractivity contribution in [3.05, 3.63) is 89.3 Å². The van der Waals surface area contributed by atoms with E-state index in [-0.39, 0.29) is 18.5 Å². The average molecular weight is 488 g/mol. The summed E-state index contributed by atoms with van der Waals surface area (Å²) >= 11 is 1.37. The highest BCUT2D eigenvalue weighted by Gasteiger charge is 2.19. The van der Waals surface area contributed by atoms with E-state index in [4.69, 9.17) is 4.42 Å². The Morgan fingerprint density at radius 3 is 2.37 bits per heavy atom. The number of aromatic nitrogens is 2. The Balaban J connectivity index is 1.41. The number of nitrogens with zero attached hydrogens (tertiary/aromatic N) is 2. The van der Waals surface area contributed by atoms with Crippen LogP contribution in [0.1, 0.15) is 27.2 Å². The number of amides is 3. The van der Waals surface area contributed by atoms with E-state index < -0.39 is 0 Å². The van der Waals surface area contributed by atoms with Gasteiger partial charge in [0.2, 0.25) is 0 Å². The maximum absolute atomic E-state index is 13.0. The quantitative estimate of drug-likeness (QED) is 0.230. The van der Waals surface area contributed by atoms with Crippen molar-refractivity contribution in [3.8, 4) is 11.6 Å². The van der Waals surface area contributed by atoms with Crippen molar-refractivity contribution >= 4 is 35.1 Å². The SMILES string of the molecule is CSc1nc(-c2ccco2)nc(C)c1C(=O)NCc1cccc(NC(=O)Nc2cccc(C)c2)c1. The zero-order valence-corrected chi connectivity index (χ0v) is 20.4. The van der Waals surface area contributed by atoms with Crippen molar-refractivity contribution in [2.24, 2.45) is 0 Å². The molecule has 0 atom stereocenters. The first-order chi connectivity index (χ1) is 16.9. The smallest absolute Gasteiger partial charge is 0.323 e. The summed E-state index contributed by atoms with van der Waals surface area (Å²) in [6.45, 7) is 4.02. The fourth-order valence-corrected chi connectivity index (χ4v) is 4.14. The largest absolute Gasteiger partial charge is 0.461 e. The third-order valence-electron chi connectivity index (χ3n) is 5.13. The highest BCUT2D eigenvalue weighted by molar-refractivity contribution is 7.98. The molecule has 4 aromatic rings. The molecule has 2 aromatic heterocycles. The standard InChI is InChI=1S/C26H25N5O3S/c1-16-7-4-9-19(13-16)29-26(33)30-20-10-5-8-18(14-20)15-27-24(32)22-17(2)28-23(31-25(22)35-3)21-11-6-12-34-21/h4-14H,15H2,1-3H3,(H,27,32)(H2,29,30,33). The summed E-state index contributed by atoms with van der Waals surface area (Å²) in [5.41, 5.74) is 4.22. The van der Waals surface area contributed by atoms with Crippen molar-refractivity contribution in [1.29, 1.82) is 0 Å². The first kappa shape index (κ1) is 24.0. The minimum atomic E-state index is -0.342. The molecule has 3 N–H and O–H groups in total. The Morgan fingerprint density at radius 2 is 1.69 bits per heavy atom.